The minimum absolute atomic E-state index is 0.697. The molecule has 0 N–H and O–H groups in total. The molecule has 0 unspecified atom stereocenters. The first-order chi connectivity index (χ1) is 21.0. The van der Waals surface area contributed by atoms with Gasteiger partial charge in [0, 0.05) is 0 Å². The van der Waals surface area contributed by atoms with Crippen molar-refractivity contribution in [1.29, 1.82) is 0 Å². The molecule has 0 spiro atoms. The van der Waals surface area contributed by atoms with Gasteiger partial charge in [-0.3, -0.25) is 0 Å². The average Bonchev–Trinajstić information content (AvgIpc) is 3.10. The summed E-state index contributed by atoms with van der Waals surface area (Å²) < 4.78 is 0. The van der Waals surface area contributed by atoms with Crippen molar-refractivity contribution in [2.24, 2.45) is 0 Å². The zero-order valence-electron chi connectivity index (χ0n) is 23.8. The molecule has 216 valence electrons. The second-order valence-corrected chi connectivity index (χ2v) is 25.6. The number of halogens is 2. The summed E-state index contributed by atoms with van der Waals surface area (Å²) in [5.74, 6) is -6.98. The Bertz CT molecular complexity index is 1440. The molecule has 6 rings (SSSR count). The third-order valence-corrected chi connectivity index (χ3v) is 27.3. The van der Waals surface area contributed by atoms with Crippen LogP contribution in [0.25, 0.3) is 0 Å². The fraction of sp³-hybridized carbons (Fsp3) is 0.0526. The second-order valence-electron chi connectivity index (χ2n) is 10.8. The van der Waals surface area contributed by atoms with Gasteiger partial charge in [-0.15, -0.1) is 0 Å². The van der Waals surface area contributed by atoms with Crippen LogP contribution in [-0.2, 0) is 0 Å². The van der Waals surface area contributed by atoms with Crippen molar-refractivity contribution in [3.8, 4) is 0 Å². The Hall–Kier alpha value is -2.89. The van der Waals surface area contributed by atoms with Crippen LogP contribution in [0.2, 0.25) is 0 Å². The Labute approximate surface area is 269 Å². The summed E-state index contributed by atoms with van der Waals surface area (Å²) in [5.41, 5.74) is 1.39. The first kappa shape index (κ1) is 30.1. The molecule has 0 saturated carbocycles. The summed E-state index contributed by atoms with van der Waals surface area (Å²) in [6.07, 6.45) is 0. The summed E-state index contributed by atoms with van der Waals surface area (Å²) >= 11 is 18.8. The standard InChI is InChI=1S/C38H34Cl2P2S/c39-41(33-19-7-1-8-20-33,34-21-9-2-10-22-34,35-23-11-3-12-24-35)31-43-32-42(40,36-25-13-4-14-26-36,37-27-15-5-16-28-37)38-29-17-6-18-30-38/h1-30H,31-32H2. The van der Waals surface area contributed by atoms with Crippen molar-refractivity contribution >= 4 is 78.0 Å². The fourth-order valence-electron chi connectivity index (χ4n) is 6.16. The predicted octanol–water partition coefficient (Wildman–Crippen LogP) is 9.00. The first-order valence-corrected chi connectivity index (χ1v) is 22.2. The van der Waals surface area contributed by atoms with Gasteiger partial charge in [0.15, 0.2) is 0 Å². The quantitative estimate of drug-likeness (QED) is 0.133. The molecule has 0 amide bonds. The van der Waals surface area contributed by atoms with Crippen molar-refractivity contribution in [2.45, 2.75) is 0 Å². The van der Waals surface area contributed by atoms with Crippen molar-refractivity contribution in [2.75, 3.05) is 11.0 Å². The van der Waals surface area contributed by atoms with Gasteiger partial charge in [0.25, 0.3) is 0 Å². The van der Waals surface area contributed by atoms with E-state index in [9.17, 15) is 0 Å². The third kappa shape index (κ3) is 5.07. The van der Waals surface area contributed by atoms with Crippen LogP contribution in [0, 0.1) is 0 Å². The molecule has 0 radical (unpaired) electrons. The molecule has 0 aromatic heterocycles. The Kier molecular flexibility index (Phi) is 8.59. The first-order valence-electron chi connectivity index (χ1n) is 14.4. The number of benzene rings is 6. The minimum atomic E-state index is -3.49. The molecule has 0 saturated heterocycles. The van der Waals surface area contributed by atoms with Crippen LogP contribution < -0.4 is 31.8 Å². The van der Waals surface area contributed by atoms with E-state index in [1.165, 1.54) is 0 Å². The van der Waals surface area contributed by atoms with Gasteiger partial charge in [-0.2, -0.15) is 0 Å². The van der Waals surface area contributed by atoms with E-state index in [0.717, 1.165) is 31.8 Å². The molecule has 43 heavy (non-hydrogen) atoms. The molecule has 6 aromatic rings. The molecule has 0 atom stereocenters. The third-order valence-electron chi connectivity index (χ3n) is 8.43. The molecule has 5 heteroatoms. The maximum atomic E-state index is 8.47. The van der Waals surface area contributed by atoms with Gasteiger partial charge in [-0.05, 0) is 0 Å². The summed E-state index contributed by atoms with van der Waals surface area (Å²) in [6.45, 7) is 0. The van der Waals surface area contributed by atoms with Gasteiger partial charge in [0.05, 0.1) is 0 Å². The summed E-state index contributed by atoms with van der Waals surface area (Å²) in [4.78, 5) is 0. The van der Waals surface area contributed by atoms with Gasteiger partial charge in [0.1, 0.15) is 0 Å². The molecular formula is C38H34Cl2P2S. The topological polar surface area (TPSA) is 0 Å². The second kappa shape index (κ2) is 12.2. The zero-order valence-corrected chi connectivity index (χ0v) is 27.9. The Balaban J connectivity index is 1.58. The number of rotatable bonds is 10. The van der Waals surface area contributed by atoms with Crippen LogP contribution in [-0.4, -0.2) is 11.0 Å². The molecule has 0 heterocycles. The van der Waals surface area contributed by atoms with Gasteiger partial charge in [0.2, 0.25) is 0 Å². The van der Waals surface area contributed by atoms with E-state index in [2.05, 4.69) is 182 Å². The average molecular weight is 656 g/mol. The zero-order chi connectivity index (χ0) is 29.7. The Morgan fingerprint density at radius 2 is 0.465 bits per heavy atom. The van der Waals surface area contributed by atoms with Crippen LogP contribution in [0.4, 0.5) is 0 Å². The van der Waals surface area contributed by atoms with E-state index in [0.29, 0.717) is 11.0 Å². The summed E-state index contributed by atoms with van der Waals surface area (Å²) in [7, 11) is 0. The van der Waals surface area contributed by atoms with E-state index in [1.807, 2.05) is 11.8 Å². The van der Waals surface area contributed by atoms with E-state index in [4.69, 9.17) is 22.5 Å². The summed E-state index contributed by atoms with van der Waals surface area (Å²) in [5, 5.41) is 6.97. The monoisotopic (exact) mass is 654 g/mol. The molecular weight excluding hydrogens is 621 g/mol. The van der Waals surface area contributed by atoms with Crippen LogP contribution in [0.15, 0.2) is 182 Å². The predicted molar refractivity (Wildman–Crippen MR) is 199 cm³/mol. The van der Waals surface area contributed by atoms with E-state index >= 15 is 0 Å². The van der Waals surface area contributed by atoms with Crippen LogP contribution >= 0.6 is 46.2 Å². The van der Waals surface area contributed by atoms with Crippen LogP contribution in [0.1, 0.15) is 0 Å². The van der Waals surface area contributed by atoms with Crippen molar-refractivity contribution in [3.05, 3.63) is 182 Å². The normalized spacial score (nSPS) is 13.7. The number of hydrogen-bond acceptors (Lipinski definition) is 1. The van der Waals surface area contributed by atoms with E-state index in [1.54, 1.807) is 0 Å². The van der Waals surface area contributed by atoms with Crippen molar-refractivity contribution < 1.29 is 0 Å². The molecule has 0 bridgehead atoms. The fourth-order valence-corrected chi connectivity index (χ4v) is 23.4. The maximum absolute atomic E-state index is 8.47. The van der Waals surface area contributed by atoms with Crippen LogP contribution in [0.5, 0.6) is 0 Å². The van der Waals surface area contributed by atoms with Crippen molar-refractivity contribution in [1.82, 2.24) is 0 Å². The summed E-state index contributed by atoms with van der Waals surface area (Å²) in [6, 6.07) is 64.1. The van der Waals surface area contributed by atoms with E-state index in [-0.39, 0.29) is 0 Å². The SMILES string of the molecule is ClP(CSCP(Cl)(c1ccccc1)(c1ccccc1)c1ccccc1)(c1ccccc1)(c1ccccc1)c1ccccc1. The molecule has 0 nitrogen and oxygen atoms in total. The number of thioether (sulfide) groups is 1. The molecule has 0 aliphatic carbocycles. The molecule has 0 fully saturated rings. The van der Waals surface area contributed by atoms with Crippen molar-refractivity contribution in [3.63, 3.8) is 0 Å². The Morgan fingerprint density at radius 1 is 0.302 bits per heavy atom. The van der Waals surface area contributed by atoms with Crippen LogP contribution in [0.3, 0.4) is 0 Å². The van der Waals surface area contributed by atoms with Gasteiger partial charge in [-0.25, -0.2) is 0 Å². The van der Waals surface area contributed by atoms with E-state index < -0.39 is 11.9 Å². The van der Waals surface area contributed by atoms with Gasteiger partial charge >= 0.3 is 271 Å². The van der Waals surface area contributed by atoms with Gasteiger partial charge in [-0.1, -0.05) is 0 Å². The molecule has 6 aromatic carbocycles. The molecule has 0 aliphatic rings. The number of hydrogen-bond donors (Lipinski definition) is 0. The molecule has 0 aliphatic heterocycles. The van der Waals surface area contributed by atoms with Gasteiger partial charge < -0.3 is 0 Å². The Morgan fingerprint density at radius 3 is 0.628 bits per heavy atom.